The lowest BCUT2D eigenvalue weighted by molar-refractivity contribution is -0.137. The van der Waals surface area contributed by atoms with Crippen LogP contribution in [0.4, 0.5) is 10.7 Å². The monoisotopic (exact) mass is 267 g/mol. The minimum atomic E-state index is -0.892. The number of carboxylic acids is 1. The number of anilines is 1. The van der Waals surface area contributed by atoms with Crippen LogP contribution in [0.25, 0.3) is 0 Å². The normalized spacial score (nSPS) is 11.7. The average molecular weight is 267 g/mol. The van der Waals surface area contributed by atoms with Gasteiger partial charge in [-0.3, -0.25) is 10.1 Å². The number of aryl methyl sites for hydroxylation is 2. The van der Waals surface area contributed by atoms with Crippen LogP contribution < -0.4 is 10.6 Å². The molecule has 3 N–H and O–H groups in total. The Morgan fingerprint density at radius 2 is 1.95 bits per heavy atom. The van der Waals surface area contributed by atoms with Crippen LogP contribution in [0.1, 0.15) is 24.7 Å². The second-order valence-electron chi connectivity index (χ2n) is 4.34. The predicted octanol–water partition coefficient (Wildman–Crippen LogP) is 0.721. The van der Waals surface area contributed by atoms with Crippen molar-refractivity contribution in [3.05, 3.63) is 11.4 Å². The highest BCUT2D eigenvalue weighted by molar-refractivity contribution is 5.87. The van der Waals surface area contributed by atoms with E-state index in [-0.39, 0.29) is 24.8 Å². The van der Waals surface area contributed by atoms with Gasteiger partial charge in [-0.2, -0.15) is 5.10 Å². The van der Waals surface area contributed by atoms with Gasteiger partial charge >= 0.3 is 12.0 Å². The molecular weight excluding hydrogens is 250 g/mol. The van der Waals surface area contributed by atoms with Crippen LogP contribution in [0.5, 0.6) is 0 Å². The van der Waals surface area contributed by atoms with Gasteiger partial charge in [-0.15, -0.1) is 5.10 Å². The summed E-state index contributed by atoms with van der Waals surface area (Å²) in [7, 11) is 0. The third-order valence-electron chi connectivity index (χ3n) is 2.45. The van der Waals surface area contributed by atoms with Gasteiger partial charge in [0.1, 0.15) is 0 Å². The van der Waals surface area contributed by atoms with Crippen molar-refractivity contribution in [2.24, 2.45) is 5.92 Å². The molecule has 19 heavy (non-hydrogen) atoms. The maximum absolute atomic E-state index is 11.5. The summed E-state index contributed by atoms with van der Waals surface area (Å²) >= 11 is 0. The Morgan fingerprint density at radius 3 is 2.53 bits per heavy atom. The van der Waals surface area contributed by atoms with Crippen molar-refractivity contribution in [1.82, 2.24) is 20.5 Å². The van der Waals surface area contributed by atoms with Crippen LogP contribution in [0.2, 0.25) is 0 Å². The van der Waals surface area contributed by atoms with E-state index in [1.165, 1.54) is 0 Å². The number of carboxylic acid groups (broad SMARTS) is 1. The van der Waals surface area contributed by atoms with Crippen molar-refractivity contribution in [2.75, 3.05) is 11.9 Å². The van der Waals surface area contributed by atoms with E-state index in [9.17, 15) is 9.59 Å². The van der Waals surface area contributed by atoms with Gasteiger partial charge in [-0.1, -0.05) is 6.92 Å². The summed E-state index contributed by atoms with van der Waals surface area (Å²) in [6.07, 6.45) is 0.00196. The summed E-state index contributed by atoms with van der Waals surface area (Å²) in [6, 6.07) is -0.484. The highest BCUT2D eigenvalue weighted by Gasteiger charge is 2.10. The number of aromatic nitrogens is 3. The summed E-state index contributed by atoms with van der Waals surface area (Å²) in [6.45, 7) is 5.54. The van der Waals surface area contributed by atoms with Crippen molar-refractivity contribution in [2.45, 2.75) is 27.2 Å². The van der Waals surface area contributed by atoms with Crippen molar-refractivity contribution < 1.29 is 14.7 Å². The molecule has 0 spiro atoms. The Labute approximate surface area is 110 Å². The first-order valence-corrected chi connectivity index (χ1v) is 5.83. The Morgan fingerprint density at radius 1 is 1.26 bits per heavy atom. The van der Waals surface area contributed by atoms with Crippen molar-refractivity contribution in [3.8, 4) is 0 Å². The van der Waals surface area contributed by atoms with E-state index in [2.05, 4.69) is 25.8 Å². The number of amides is 2. The number of nitrogens with one attached hydrogen (secondary N) is 2. The van der Waals surface area contributed by atoms with Gasteiger partial charge in [0.25, 0.3) is 5.95 Å². The number of urea groups is 1. The summed E-state index contributed by atoms with van der Waals surface area (Å²) in [5.41, 5.74) is 1.38. The zero-order valence-corrected chi connectivity index (χ0v) is 11.1. The number of nitrogens with zero attached hydrogens (tertiary/aromatic N) is 3. The maximum atomic E-state index is 11.5. The van der Waals surface area contributed by atoms with Crippen LogP contribution in [0.3, 0.4) is 0 Å². The number of hydrogen-bond donors (Lipinski definition) is 3. The van der Waals surface area contributed by atoms with E-state index in [0.29, 0.717) is 11.4 Å². The van der Waals surface area contributed by atoms with E-state index in [4.69, 9.17) is 5.11 Å². The Kier molecular flexibility index (Phi) is 5.16. The third kappa shape index (κ3) is 5.28. The van der Waals surface area contributed by atoms with Crippen molar-refractivity contribution in [3.63, 3.8) is 0 Å². The van der Waals surface area contributed by atoms with Gasteiger partial charge in [0.15, 0.2) is 0 Å². The number of aliphatic carboxylic acids is 1. The van der Waals surface area contributed by atoms with Crippen LogP contribution in [0, 0.1) is 19.8 Å². The molecule has 1 heterocycles. The molecule has 1 rings (SSSR count). The average Bonchev–Trinajstić information content (AvgIpc) is 2.30. The highest BCUT2D eigenvalue weighted by atomic mass is 16.4. The molecule has 1 aromatic rings. The van der Waals surface area contributed by atoms with E-state index < -0.39 is 12.0 Å². The molecule has 1 aromatic heterocycles. The zero-order valence-electron chi connectivity index (χ0n) is 11.1. The molecular formula is C11H17N5O3. The molecule has 1 atom stereocenters. The predicted molar refractivity (Wildman–Crippen MR) is 67.7 cm³/mol. The molecule has 0 saturated carbocycles. The molecule has 2 amide bonds. The second kappa shape index (κ2) is 6.62. The van der Waals surface area contributed by atoms with E-state index in [0.717, 1.165) is 0 Å². The van der Waals surface area contributed by atoms with Crippen LogP contribution in [0.15, 0.2) is 0 Å². The van der Waals surface area contributed by atoms with Crippen LogP contribution in [-0.4, -0.2) is 38.8 Å². The van der Waals surface area contributed by atoms with E-state index >= 15 is 0 Å². The fraction of sp³-hybridized carbons (Fsp3) is 0.545. The quantitative estimate of drug-likeness (QED) is 0.723. The first-order chi connectivity index (χ1) is 8.88. The number of carbonyl (C=O) groups excluding carboxylic acids is 1. The van der Waals surface area contributed by atoms with E-state index in [1.807, 2.05) is 0 Å². The SMILES string of the molecule is Cc1nnc(NC(=O)NCC(C)CC(=O)O)nc1C. The molecule has 0 aromatic carbocycles. The summed E-state index contributed by atoms with van der Waals surface area (Å²) in [5, 5.41) is 21.1. The topological polar surface area (TPSA) is 117 Å². The Balaban J connectivity index is 2.42. The highest BCUT2D eigenvalue weighted by Crippen LogP contribution is 2.02. The number of rotatable bonds is 5. The molecule has 1 unspecified atom stereocenters. The minimum absolute atomic E-state index is 0.00196. The van der Waals surface area contributed by atoms with Gasteiger partial charge in [0.2, 0.25) is 0 Å². The third-order valence-corrected chi connectivity index (χ3v) is 2.45. The first kappa shape index (κ1) is 14.8. The lowest BCUT2D eigenvalue weighted by atomic mass is 10.1. The maximum Gasteiger partial charge on any atom is 0.321 e. The van der Waals surface area contributed by atoms with Gasteiger partial charge in [0.05, 0.1) is 11.4 Å². The molecule has 8 nitrogen and oxygen atoms in total. The molecule has 0 saturated heterocycles. The molecule has 0 aliphatic carbocycles. The molecule has 0 radical (unpaired) electrons. The van der Waals surface area contributed by atoms with Gasteiger partial charge in [-0.25, -0.2) is 9.78 Å². The van der Waals surface area contributed by atoms with Crippen LogP contribution >= 0.6 is 0 Å². The standard InChI is InChI=1S/C11H17N5O3/c1-6(4-9(17)18)5-12-11(19)14-10-13-7(2)8(3)15-16-10/h6H,4-5H2,1-3H3,(H,17,18)(H2,12,13,14,16,19). The first-order valence-electron chi connectivity index (χ1n) is 5.83. The minimum Gasteiger partial charge on any atom is -0.481 e. The van der Waals surface area contributed by atoms with Gasteiger partial charge < -0.3 is 10.4 Å². The molecule has 0 aliphatic heterocycles. The van der Waals surface area contributed by atoms with E-state index in [1.54, 1.807) is 20.8 Å². The smallest absolute Gasteiger partial charge is 0.321 e. The summed E-state index contributed by atoms with van der Waals surface area (Å²) in [5.74, 6) is -0.926. The number of hydrogen-bond acceptors (Lipinski definition) is 5. The Hall–Kier alpha value is -2.25. The fourth-order valence-electron chi connectivity index (χ4n) is 1.29. The molecule has 0 fully saturated rings. The lowest BCUT2D eigenvalue weighted by Gasteiger charge is -2.10. The molecule has 0 bridgehead atoms. The zero-order chi connectivity index (χ0) is 14.4. The van der Waals surface area contributed by atoms with Gasteiger partial charge in [0, 0.05) is 13.0 Å². The Bertz CT molecular complexity index is 477. The summed E-state index contributed by atoms with van der Waals surface area (Å²) in [4.78, 5) is 26.0. The van der Waals surface area contributed by atoms with Gasteiger partial charge in [-0.05, 0) is 19.8 Å². The van der Waals surface area contributed by atoms with Crippen LogP contribution in [-0.2, 0) is 4.79 Å². The molecule has 0 aliphatic rings. The largest absolute Gasteiger partial charge is 0.481 e. The molecule has 104 valence electrons. The van der Waals surface area contributed by atoms with Crippen molar-refractivity contribution >= 4 is 17.9 Å². The number of carbonyl (C=O) groups is 2. The fourth-order valence-corrected chi connectivity index (χ4v) is 1.29. The molecule has 8 heteroatoms. The lowest BCUT2D eigenvalue weighted by Crippen LogP contribution is -2.33. The summed E-state index contributed by atoms with van der Waals surface area (Å²) < 4.78 is 0. The van der Waals surface area contributed by atoms with Crippen molar-refractivity contribution in [1.29, 1.82) is 0 Å². The second-order valence-corrected chi connectivity index (χ2v) is 4.34.